The van der Waals surface area contributed by atoms with Gasteiger partial charge in [-0.05, 0) is 44.2 Å². The second-order valence-electron chi connectivity index (χ2n) is 7.95. The molecule has 0 aliphatic heterocycles. The molecule has 0 spiro atoms. The van der Waals surface area contributed by atoms with Crippen LogP contribution in [0.1, 0.15) is 18.2 Å². The molecule has 0 atom stereocenters. The lowest BCUT2D eigenvalue weighted by Crippen LogP contribution is -2.20. The van der Waals surface area contributed by atoms with E-state index < -0.39 is 17.8 Å². The molecule has 8 nitrogen and oxygen atoms in total. The third-order valence-corrected chi connectivity index (χ3v) is 5.29. The number of aryl methyl sites for hydroxylation is 1. The lowest BCUT2D eigenvalue weighted by molar-refractivity contribution is -0.137. The number of ether oxygens (including phenoxy) is 2. The highest BCUT2D eigenvalue weighted by Gasteiger charge is 2.31. The Labute approximate surface area is 210 Å². The lowest BCUT2D eigenvalue weighted by Gasteiger charge is -2.16. The Hall–Kier alpha value is -4.54. The van der Waals surface area contributed by atoms with Crippen molar-refractivity contribution in [3.05, 3.63) is 71.9 Å². The Kier molecular flexibility index (Phi) is 7.32. The van der Waals surface area contributed by atoms with Gasteiger partial charge in [-0.1, -0.05) is 24.3 Å². The number of fused-ring (bicyclic) bond motifs is 1. The summed E-state index contributed by atoms with van der Waals surface area (Å²) < 4.78 is 50.6. The summed E-state index contributed by atoms with van der Waals surface area (Å²) in [5, 5.41) is 9.53. The Balaban J connectivity index is 1.60. The predicted molar refractivity (Wildman–Crippen MR) is 136 cm³/mol. The second kappa shape index (κ2) is 10.6. The van der Waals surface area contributed by atoms with Gasteiger partial charge in [-0.25, -0.2) is 9.78 Å². The van der Waals surface area contributed by atoms with Crippen molar-refractivity contribution in [2.24, 2.45) is 0 Å². The Morgan fingerprint density at radius 3 is 2.32 bits per heavy atom. The fraction of sp³-hybridized carbons (Fsp3) is 0.192. The minimum absolute atomic E-state index is 0.0915. The molecule has 0 fully saturated rings. The number of alkyl halides is 3. The quantitative estimate of drug-likeness (QED) is 0.252. The van der Waals surface area contributed by atoms with E-state index in [1.54, 1.807) is 30.3 Å². The number of benzene rings is 3. The number of hydrogen-bond acceptors (Lipinski definition) is 6. The maximum absolute atomic E-state index is 13.1. The van der Waals surface area contributed by atoms with Crippen LogP contribution in [0.2, 0.25) is 0 Å². The zero-order valence-electron chi connectivity index (χ0n) is 20.2. The van der Waals surface area contributed by atoms with Crippen molar-refractivity contribution in [2.75, 3.05) is 29.6 Å². The van der Waals surface area contributed by atoms with Crippen molar-refractivity contribution >= 4 is 34.1 Å². The van der Waals surface area contributed by atoms with E-state index in [0.717, 1.165) is 23.9 Å². The number of nitrogens with one attached hydrogen (secondary N) is 3. The Morgan fingerprint density at radius 1 is 0.919 bits per heavy atom. The highest BCUT2D eigenvalue weighted by Crippen LogP contribution is 2.36. The molecule has 0 aliphatic rings. The van der Waals surface area contributed by atoms with Gasteiger partial charge in [0.25, 0.3) is 0 Å². The molecule has 3 aromatic carbocycles. The van der Waals surface area contributed by atoms with Crippen molar-refractivity contribution < 1.29 is 27.4 Å². The smallest absolute Gasteiger partial charge is 0.416 e. The molecule has 0 radical (unpaired) electrons. The van der Waals surface area contributed by atoms with E-state index in [9.17, 15) is 18.0 Å². The zero-order chi connectivity index (χ0) is 26.6. The molecule has 0 saturated carbocycles. The number of hydrogen-bond donors (Lipinski definition) is 3. The molecule has 4 rings (SSSR count). The monoisotopic (exact) mass is 511 g/mol. The number of anilines is 3. The second-order valence-corrected chi connectivity index (χ2v) is 7.95. The van der Waals surface area contributed by atoms with Crippen molar-refractivity contribution in [2.45, 2.75) is 20.0 Å². The maximum Gasteiger partial charge on any atom is 0.416 e. The molecule has 3 N–H and O–H groups in total. The predicted octanol–water partition coefficient (Wildman–Crippen LogP) is 6.83. The Bertz CT molecular complexity index is 1440. The molecule has 4 aromatic rings. The summed E-state index contributed by atoms with van der Waals surface area (Å²) in [6.07, 6.45) is -4.57. The van der Waals surface area contributed by atoms with E-state index >= 15 is 0 Å². The first-order chi connectivity index (χ1) is 17.7. The summed E-state index contributed by atoms with van der Waals surface area (Å²) in [5.74, 6) is 1.39. The number of nitrogens with zero attached hydrogens (tertiary/aromatic N) is 2. The SMILES string of the molecule is CCNc1nc(C)cc(Oc2ccc(NC(=O)Nc3cc(C(F)(F)F)ccc3OC)c3ccccc23)n1. The normalized spacial score (nSPS) is 11.2. The van der Waals surface area contributed by atoms with Crippen molar-refractivity contribution in [3.63, 3.8) is 0 Å². The largest absolute Gasteiger partial charge is 0.495 e. The minimum Gasteiger partial charge on any atom is -0.495 e. The lowest BCUT2D eigenvalue weighted by atomic mass is 10.1. The van der Waals surface area contributed by atoms with E-state index in [-0.39, 0.29) is 11.4 Å². The fourth-order valence-corrected chi connectivity index (χ4v) is 3.67. The standard InChI is InChI=1S/C26H24F3N5O3/c1-4-30-24-31-15(2)13-23(34-24)37-21-12-10-19(17-7-5-6-8-18(17)21)32-25(35)33-20-14-16(26(27,28)29)9-11-22(20)36-3/h5-14H,4H2,1-3H3,(H,30,31,34)(H2,32,33,35). The topological polar surface area (TPSA) is 97.4 Å². The van der Waals surface area contributed by atoms with Crippen LogP contribution >= 0.6 is 0 Å². The van der Waals surface area contributed by atoms with Crippen LogP contribution in [0.25, 0.3) is 10.8 Å². The van der Waals surface area contributed by atoms with Gasteiger partial charge in [0.1, 0.15) is 11.5 Å². The molecule has 0 saturated heterocycles. The van der Waals surface area contributed by atoms with Crippen LogP contribution in [0.4, 0.5) is 35.3 Å². The molecule has 1 heterocycles. The average molecular weight is 512 g/mol. The van der Waals surface area contributed by atoms with Gasteiger partial charge in [-0.2, -0.15) is 18.2 Å². The van der Waals surface area contributed by atoms with Gasteiger partial charge >= 0.3 is 12.2 Å². The number of urea groups is 1. The van der Waals surface area contributed by atoms with Gasteiger partial charge in [-0.15, -0.1) is 0 Å². The number of aromatic nitrogens is 2. The van der Waals surface area contributed by atoms with Crippen LogP contribution in [-0.2, 0) is 6.18 Å². The average Bonchev–Trinajstić information content (AvgIpc) is 2.85. The summed E-state index contributed by atoms with van der Waals surface area (Å²) in [5.41, 5.74) is 0.131. The number of amides is 2. The van der Waals surface area contributed by atoms with Crippen LogP contribution in [0.15, 0.2) is 60.7 Å². The van der Waals surface area contributed by atoms with Gasteiger partial charge < -0.3 is 25.4 Å². The van der Waals surface area contributed by atoms with E-state index in [0.29, 0.717) is 40.6 Å². The molecule has 2 amide bonds. The van der Waals surface area contributed by atoms with Gasteiger partial charge in [0.05, 0.1) is 24.0 Å². The number of rotatable bonds is 7. The van der Waals surface area contributed by atoms with E-state index in [4.69, 9.17) is 9.47 Å². The summed E-state index contributed by atoms with van der Waals surface area (Å²) >= 11 is 0. The van der Waals surface area contributed by atoms with Gasteiger partial charge in [0.2, 0.25) is 11.8 Å². The number of methoxy groups -OCH3 is 1. The van der Waals surface area contributed by atoms with Crippen LogP contribution in [0, 0.1) is 6.92 Å². The first-order valence-electron chi connectivity index (χ1n) is 11.3. The van der Waals surface area contributed by atoms with Gasteiger partial charge in [0.15, 0.2) is 0 Å². The van der Waals surface area contributed by atoms with Crippen LogP contribution < -0.4 is 25.4 Å². The minimum atomic E-state index is -4.57. The number of halogens is 3. The van der Waals surface area contributed by atoms with Gasteiger partial charge in [0, 0.05) is 29.1 Å². The summed E-state index contributed by atoms with van der Waals surface area (Å²) in [7, 11) is 1.30. The molecular weight excluding hydrogens is 487 g/mol. The van der Waals surface area contributed by atoms with Gasteiger partial charge in [-0.3, -0.25) is 0 Å². The number of carbonyl (C=O) groups is 1. The fourth-order valence-electron chi connectivity index (χ4n) is 3.67. The molecule has 1 aromatic heterocycles. The molecule has 0 aliphatic carbocycles. The van der Waals surface area contributed by atoms with E-state index in [1.807, 2.05) is 26.0 Å². The van der Waals surface area contributed by atoms with Crippen molar-refractivity contribution in [1.29, 1.82) is 0 Å². The highest BCUT2D eigenvalue weighted by molar-refractivity contribution is 6.08. The first kappa shape index (κ1) is 25.5. The van der Waals surface area contributed by atoms with Crippen molar-refractivity contribution in [1.82, 2.24) is 9.97 Å². The molecule has 192 valence electrons. The molecular formula is C26H24F3N5O3. The zero-order valence-corrected chi connectivity index (χ0v) is 20.2. The van der Waals surface area contributed by atoms with Crippen LogP contribution in [-0.4, -0.2) is 29.7 Å². The number of carbonyl (C=O) groups excluding carboxylic acids is 1. The van der Waals surface area contributed by atoms with E-state index in [2.05, 4.69) is 25.9 Å². The Morgan fingerprint density at radius 2 is 1.62 bits per heavy atom. The third-order valence-electron chi connectivity index (χ3n) is 5.29. The maximum atomic E-state index is 13.1. The molecule has 37 heavy (non-hydrogen) atoms. The summed E-state index contributed by atoms with van der Waals surface area (Å²) in [6.45, 7) is 4.42. The van der Waals surface area contributed by atoms with Crippen LogP contribution in [0.5, 0.6) is 17.4 Å². The van der Waals surface area contributed by atoms with Crippen molar-refractivity contribution in [3.8, 4) is 17.4 Å². The summed E-state index contributed by atoms with van der Waals surface area (Å²) in [6, 6.07) is 14.4. The van der Waals surface area contributed by atoms with Crippen LogP contribution in [0.3, 0.4) is 0 Å². The first-order valence-corrected chi connectivity index (χ1v) is 11.3. The molecule has 0 bridgehead atoms. The van der Waals surface area contributed by atoms with E-state index in [1.165, 1.54) is 7.11 Å². The summed E-state index contributed by atoms with van der Waals surface area (Å²) in [4.78, 5) is 21.4. The highest BCUT2D eigenvalue weighted by atomic mass is 19.4. The molecule has 11 heteroatoms. The molecule has 0 unspecified atom stereocenters. The third kappa shape index (κ3) is 6.00.